The van der Waals surface area contributed by atoms with Crippen molar-refractivity contribution in [3.05, 3.63) is 125 Å². The molecule has 2 N–H and O–H groups in total. The Morgan fingerprint density at radius 1 is 0.977 bits per heavy atom. The topological polar surface area (TPSA) is 112 Å². The molecular formula is C34H30N4O5. The van der Waals surface area contributed by atoms with Gasteiger partial charge in [-0.25, -0.2) is 4.68 Å². The van der Waals surface area contributed by atoms with E-state index in [1.54, 1.807) is 74.1 Å². The van der Waals surface area contributed by atoms with Gasteiger partial charge in [-0.2, -0.15) is 0 Å². The van der Waals surface area contributed by atoms with Gasteiger partial charge in [-0.15, -0.1) is 0 Å². The molecule has 0 aliphatic heterocycles. The van der Waals surface area contributed by atoms with Crippen molar-refractivity contribution < 1.29 is 19.1 Å². The highest BCUT2D eigenvalue weighted by Gasteiger charge is 2.27. The number of aliphatic hydroxyl groups is 1. The molecule has 9 heteroatoms. The highest BCUT2D eigenvalue weighted by atomic mass is 16.5. The van der Waals surface area contributed by atoms with Crippen LogP contribution in [0.15, 0.2) is 112 Å². The molecule has 0 saturated carbocycles. The van der Waals surface area contributed by atoms with Crippen LogP contribution in [0.2, 0.25) is 0 Å². The largest absolute Gasteiger partial charge is 0.453 e. The Bertz CT molecular complexity index is 1970. The number of rotatable bonds is 8. The number of nitrogens with zero attached hydrogens (tertiary/aromatic N) is 3. The van der Waals surface area contributed by atoms with Gasteiger partial charge in [0.05, 0.1) is 23.5 Å². The standard InChI is InChI=1S/C34H30N4O5/c1-22-30(33(40)38(25-12-8-5-9-13-25)37(22)21-34(2,3)41)32(39)36-24-14-16-26(17-15-24)42-28-18-19-35-27-20-29(43-31(27)28)23-10-6-4-7-11-23/h4-20,41H,21H2,1-3H3,(H,36,39). The number of para-hydroxylation sites is 1. The first kappa shape index (κ1) is 27.7. The zero-order valence-corrected chi connectivity index (χ0v) is 23.9. The van der Waals surface area contributed by atoms with Crippen LogP contribution in [-0.4, -0.2) is 31.0 Å². The number of fused-ring (bicyclic) bond motifs is 1. The molecule has 0 fully saturated rings. The van der Waals surface area contributed by atoms with E-state index in [1.165, 1.54) is 4.68 Å². The number of pyridine rings is 1. The van der Waals surface area contributed by atoms with Gasteiger partial charge in [0.15, 0.2) is 11.3 Å². The summed E-state index contributed by atoms with van der Waals surface area (Å²) in [5.41, 5.74) is 2.08. The lowest BCUT2D eigenvalue weighted by atomic mass is 10.1. The van der Waals surface area contributed by atoms with Crippen LogP contribution in [0.5, 0.6) is 11.5 Å². The maximum absolute atomic E-state index is 13.6. The van der Waals surface area contributed by atoms with Crippen LogP contribution in [-0.2, 0) is 6.54 Å². The third-order valence-corrected chi connectivity index (χ3v) is 6.94. The fourth-order valence-corrected chi connectivity index (χ4v) is 4.96. The zero-order chi connectivity index (χ0) is 30.1. The smallest absolute Gasteiger partial charge is 0.284 e. The molecule has 9 nitrogen and oxygen atoms in total. The molecule has 0 saturated heterocycles. The van der Waals surface area contributed by atoms with Gasteiger partial charge in [0.1, 0.15) is 22.6 Å². The Balaban J connectivity index is 1.24. The molecule has 0 aliphatic rings. The third-order valence-electron chi connectivity index (χ3n) is 6.94. The number of hydrogen-bond donors (Lipinski definition) is 2. The van der Waals surface area contributed by atoms with Crippen molar-refractivity contribution >= 4 is 22.7 Å². The fourth-order valence-electron chi connectivity index (χ4n) is 4.96. The van der Waals surface area contributed by atoms with E-state index in [9.17, 15) is 14.7 Å². The first-order valence-electron chi connectivity index (χ1n) is 13.8. The number of carbonyl (C=O) groups excluding carboxylic acids is 1. The lowest BCUT2D eigenvalue weighted by Gasteiger charge is -2.22. The predicted molar refractivity (Wildman–Crippen MR) is 165 cm³/mol. The molecule has 0 radical (unpaired) electrons. The van der Waals surface area contributed by atoms with Crippen molar-refractivity contribution in [3.8, 4) is 28.5 Å². The number of nitrogens with one attached hydrogen (secondary N) is 1. The molecule has 6 rings (SSSR count). The van der Waals surface area contributed by atoms with E-state index in [0.29, 0.717) is 45.4 Å². The molecule has 6 aromatic rings. The Morgan fingerprint density at radius 2 is 1.65 bits per heavy atom. The zero-order valence-electron chi connectivity index (χ0n) is 23.9. The average Bonchev–Trinajstić information content (AvgIpc) is 3.53. The number of hydrogen-bond acceptors (Lipinski definition) is 6. The second-order valence-corrected chi connectivity index (χ2v) is 10.9. The molecule has 0 bridgehead atoms. The molecule has 3 aromatic heterocycles. The maximum atomic E-state index is 13.6. The molecular weight excluding hydrogens is 544 g/mol. The van der Waals surface area contributed by atoms with E-state index in [-0.39, 0.29) is 12.1 Å². The number of benzene rings is 3. The molecule has 0 aliphatic carbocycles. The first-order valence-corrected chi connectivity index (χ1v) is 13.8. The van der Waals surface area contributed by atoms with Crippen molar-refractivity contribution in [1.82, 2.24) is 14.3 Å². The normalized spacial score (nSPS) is 11.5. The molecule has 0 spiro atoms. The summed E-state index contributed by atoms with van der Waals surface area (Å²) >= 11 is 0. The van der Waals surface area contributed by atoms with Crippen molar-refractivity contribution in [2.24, 2.45) is 0 Å². The van der Waals surface area contributed by atoms with Gasteiger partial charge in [-0.1, -0.05) is 48.5 Å². The van der Waals surface area contributed by atoms with E-state index >= 15 is 0 Å². The molecule has 43 heavy (non-hydrogen) atoms. The highest BCUT2D eigenvalue weighted by Crippen LogP contribution is 2.34. The SMILES string of the molecule is Cc1c(C(=O)Nc2ccc(Oc3ccnc4cc(-c5ccccc5)oc34)cc2)c(=O)n(-c2ccccc2)n1CC(C)(C)O. The molecule has 0 unspecified atom stereocenters. The second-order valence-electron chi connectivity index (χ2n) is 10.9. The fraction of sp³-hybridized carbons (Fsp3) is 0.147. The quantitative estimate of drug-likeness (QED) is 0.213. The van der Waals surface area contributed by atoms with Crippen LogP contribution in [0.1, 0.15) is 29.9 Å². The summed E-state index contributed by atoms with van der Waals surface area (Å²) in [6, 6.07) is 29.2. The van der Waals surface area contributed by atoms with Gasteiger partial charge in [-0.05, 0) is 57.2 Å². The van der Waals surface area contributed by atoms with Gasteiger partial charge in [0.2, 0.25) is 0 Å². The minimum atomic E-state index is -1.12. The summed E-state index contributed by atoms with van der Waals surface area (Å²) in [6.45, 7) is 5.13. The number of anilines is 1. The monoisotopic (exact) mass is 574 g/mol. The third kappa shape index (κ3) is 5.71. The van der Waals surface area contributed by atoms with Gasteiger partial charge in [0.25, 0.3) is 11.5 Å². The van der Waals surface area contributed by atoms with E-state index in [0.717, 1.165) is 5.56 Å². The van der Waals surface area contributed by atoms with Crippen LogP contribution < -0.4 is 15.6 Å². The van der Waals surface area contributed by atoms with Gasteiger partial charge in [0, 0.05) is 29.6 Å². The molecule has 3 aromatic carbocycles. The Labute approximate surface area is 247 Å². The van der Waals surface area contributed by atoms with E-state index in [2.05, 4.69) is 10.3 Å². The lowest BCUT2D eigenvalue weighted by molar-refractivity contribution is 0.0546. The summed E-state index contributed by atoms with van der Waals surface area (Å²) in [6.07, 6.45) is 1.66. The number of amides is 1. The van der Waals surface area contributed by atoms with Crippen LogP contribution in [0.25, 0.3) is 28.1 Å². The average molecular weight is 575 g/mol. The van der Waals surface area contributed by atoms with Crippen LogP contribution in [0, 0.1) is 6.92 Å². The van der Waals surface area contributed by atoms with Crippen molar-refractivity contribution in [2.45, 2.75) is 32.9 Å². The van der Waals surface area contributed by atoms with Crippen molar-refractivity contribution in [1.29, 1.82) is 0 Å². The summed E-state index contributed by atoms with van der Waals surface area (Å²) < 4.78 is 15.3. The summed E-state index contributed by atoms with van der Waals surface area (Å²) in [4.78, 5) is 31.4. The van der Waals surface area contributed by atoms with Crippen LogP contribution in [0.4, 0.5) is 5.69 Å². The molecule has 0 atom stereocenters. The Hall–Kier alpha value is -5.41. The molecule has 1 amide bonds. The minimum absolute atomic E-state index is 0.000327. The van der Waals surface area contributed by atoms with E-state index < -0.39 is 17.1 Å². The van der Waals surface area contributed by atoms with Crippen LogP contribution in [0.3, 0.4) is 0 Å². The van der Waals surface area contributed by atoms with Gasteiger partial charge in [-0.3, -0.25) is 19.3 Å². The van der Waals surface area contributed by atoms with E-state index in [4.69, 9.17) is 9.15 Å². The predicted octanol–water partition coefficient (Wildman–Crippen LogP) is 6.57. The summed E-state index contributed by atoms with van der Waals surface area (Å²) in [7, 11) is 0. The lowest BCUT2D eigenvalue weighted by Crippen LogP contribution is -2.32. The number of aromatic nitrogens is 3. The number of furan rings is 1. The second kappa shape index (κ2) is 11.1. The number of ether oxygens (including phenoxy) is 1. The highest BCUT2D eigenvalue weighted by molar-refractivity contribution is 6.05. The maximum Gasteiger partial charge on any atom is 0.284 e. The summed E-state index contributed by atoms with van der Waals surface area (Å²) in [5.74, 6) is 1.18. The minimum Gasteiger partial charge on any atom is -0.453 e. The Morgan fingerprint density at radius 3 is 2.33 bits per heavy atom. The van der Waals surface area contributed by atoms with Gasteiger partial charge >= 0.3 is 0 Å². The first-order chi connectivity index (χ1) is 20.7. The number of carbonyl (C=O) groups is 1. The Kier molecular flexibility index (Phi) is 7.17. The summed E-state index contributed by atoms with van der Waals surface area (Å²) in [5, 5.41) is 13.4. The molecule has 216 valence electrons. The van der Waals surface area contributed by atoms with Crippen molar-refractivity contribution in [2.75, 3.05) is 5.32 Å². The van der Waals surface area contributed by atoms with Crippen molar-refractivity contribution in [3.63, 3.8) is 0 Å². The van der Waals surface area contributed by atoms with Gasteiger partial charge < -0.3 is 19.6 Å². The van der Waals surface area contributed by atoms with E-state index in [1.807, 2.05) is 54.6 Å². The van der Waals surface area contributed by atoms with Crippen LogP contribution >= 0.6 is 0 Å². The molecule has 3 heterocycles.